The number of anilines is 1. The Morgan fingerprint density at radius 1 is 1.45 bits per heavy atom. The van der Waals surface area contributed by atoms with Crippen molar-refractivity contribution in [2.24, 2.45) is 5.92 Å². The molecule has 0 aliphatic carbocycles. The van der Waals surface area contributed by atoms with E-state index in [1.165, 1.54) is 6.42 Å². The molecule has 2 aromatic rings. The molecule has 1 aliphatic rings. The molecule has 1 aliphatic heterocycles. The van der Waals surface area contributed by atoms with E-state index in [9.17, 15) is 0 Å². The Balaban J connectivity index is 1.68. The zero-order chi connectivity index (χ0) is 13.8. The van der Waals surface area contributed by atoms with Crippen molar-refractivity contribution >= 4 is 5.95 Å². The van der Waals surface area contributed by atoms with Crippen LogP contribution in [0.1, 0.15) is 12.8 Å². The molecule has 3 heterocycles. The van der Waals surface area contributed by atoms with Crippen LogP contribution in [-0.4, -0.2) is 44.9 Å². The van der Waals surface area contributed by atoms with E-state index >= 15 is 0 Å². The predicted octanol–water partition coefficient (Wildman–Crippen LogP) is 0.993. The summed E-state index contributed by atoms with van der Waals surface area (Å²) in [6, 6.07) is 1.76. The van der Waals surface area contributed by atoms with Gasteiger partial charge in [0.05, 0.1) is 7.11 Å². The summed E-state index contributed by atoms with van der Waals surface area (Å²) >= 11 is 0. The van der Waals surface area contributed by atoms with Gasteiger partial charge in [-0.2, -0.15) is 10.1 Å². The zero-order valence-electron chi connectivity index (χ0n) is 11.5. The van der Waals surface area contributed by atoms with Crippen LogP contribution in [0.3, 0.4) is 0 Å². The normalized spacial score (nSPS) is 19.1. The standard InChI is InChI=1S/C13H18N6O/c1-20-12-4-5-15-13(17-12)18-6-2-3-11(7-18)8-19-10-14-9-16-19/h4-5,9-11H,2-3,6-8H2,1H3/t11-/m1/s1. The lowest BCUT2D eigenvalue weighted by atomic mass is 9.98. The molecule has 7 heteroatoms. The molecule has 1 saturated heterocycles. The summed E-state index contributed by atoms with van der Waals surface area (Å²) in [4.78, 5) is 14.9. The van der Waals surface area contributed by atoms with Crippen molar-refractivity contribution < 1.29 is 4.74 Å². The fraction of sp³-hybridized carbons (Fsp3) is 0.538. The van der Waals surface area contributed by atoms with Crippen molar-refractivity contribution in [2.75, 3.05) is 25.1 Å². The molecular formula is C13H18N6O. The molecule has 3 rings (SSSR count). The van der Waals surface area contributed by atoms with Crippen LogP contribution in [0.5, 0.6) is 5.88 Å². The van der Waals surface area contributed by atoms with E-state index in [-0.39, 0.29) is 0 Å². The van der Waals surface area contributed by atoms with Gasteiger partial charge in [-0.15, -0.1) is 0 Å². The number of piperidine rings is 1. The Morgan fingerprint density at radius 2 is 2.40 bits per heavy atom. The molecule has 2 aromatic heterocycles. The largest absolute Gasteiger partial charge is 0.481 e. The van der Waals surface area contributed by atoms with Crippen LogP contribution in [0.4, 0.5) is 5.95 Å². The maximum Gasteiger partial charge on any atom is 0.228 e. The van der Waals surface area contributed by atoms with Crippen molar-refractivity contribution in [3.8, 4) is 5.88 Å². The lowest BCUT2D eigenvalue weighted by Gasteiger charge is -2.32. The Morgan fingerprint density at radius 3 is 3.20 bits per heavy atom. The summed E-state index contributed by atoms with van der Waals surface area (Å²) in [5.74, 6) is 1.89. The van der Waals surface area contributed by atoms with Gasteiger partial charge in [-0.1, -0.05) is 0 Å². The van der Waals surface area contributed by atoms with Gasteiger partial charge < -0.3 is 9.64 Å². The third kappa shape index (κ3) is 2.87. The van der Waals surface area contributed by atoms with E-state index in [2.05, 4.69) is 25.0 Å². The third-order valence-electron chi connectivity index (χ3n) is 3.54. The summed E-state index contributed by atoms with van der Waals surface area (Å²) in [5, 5.41) is 4.17. The minimum atomic E-state index is 0.542. The lowest BCUT2D eigenvalue weighted by Crippen LogP contribution is -2.38. The summed E-state index contributed by atoms with van der Waals surface area (Å²) in [6.45, 7) is 2.81. The van der Waals surface area contributed by atoms with Gasteiger partial charge in [-0.25, -0.2) is 9.97 Å². The van der Waals surface area contributed by atoms with E-state index in [4.69, 9.17) is 4.74 Å². The monoisotopic (exact) mass is 274 g/mol. The Bertz CT molecular complexity index is 544. The highest BCUT2D eigenvalue weighted by Crippen LogP contribution is 2.22. The first-order chi connectivity index (χ1) is 9.85. The summed E-state index contributed by atoms with van der Waals surface area (Å²) < 4.78 is 7.05. The summed E-state index contributed by atoms with van der Waals surface area (Å²) in [6.07, 6.45) is 7.41. The molecule has 0 N–H and O–H groups in total. The van der Waals surface area contributed by atoms with Crippen molar-refractivity contribution in [3.05, 3.63) is 24.9 Å². The van der Waals surface area contributed by atoms with Crippen LogP contribution in [0, 0.1) is 5.92 Å². The third-order valence-corrected chi connectivity index (χ3v) is 3.54. The van der Waals surface area contributed by atoms with Crippen molar-refractivity contribution in [3.63, 3.8) is 0 Å². The van der Waals surface area contributed by atoms with Gasteiger partial charge in [-0.3, -0.25) is 4.68 Å². The first kappa shape index (κ1) is 12.8. The maximum atomic E-state index is 5.16. The molecule has 106 valence electrons. The average molecular weight is 274 g/mol. The topological polar surface area (TPSA) is 69.0 Å². The fourth-order valence-electron chi connectivity index (χ4n) is 2.59. The highest BCUT2D eigenvalue weighted by atomic mass is 16.5. The molecule has 0 aromatic carbocycles. The quantitative estimate of drug-likeness (QED) is 0.828. The number of hydrogen-bond acceptors (Lipinski definition) is 6. The second-order valence-electron chi connectivity index (χ2n) is 4.97. The predicted molar refractivity (Wildman–Crippen MR) is 73.5 cm³/mol. The van der Waals surface area contributed by atoms with Crippen LogP contribution in [-0.2, 0) is 6.54 Å². The van der Waals surface area contributed by atoms with Gasteiger partial charge in [0, 0.05) is 31.9 Å². The molecule has 0 bridgehead atoms. The maximum absolute atomic E-state index is 5.16. The van der Waals surface area contributed by atoms with E-state index in [1.807, 2.05) is 4.68 Å². The van der Waals surface area contributed by atoms with Gasteiger partial charge >= 0.3 is 0 Å². The van der Waals surface area contributed by atoms with Crippen LogP contribution >= 0.6 is 0 Å². The number of nitrogens with zero attached hydrogens (tertiary/aromatic N) is 6. The van der Waals surface area contributed by atoms with Crippen LogP contribution in [0.2, 0.25) is 0 Å². The molecule has 0 spiro atoms. The van der Waals surface area contributed by atoms with Gasteiger partial charge in [0.15, 0.2) is 0 Å². The molecule has 7 nitrogen and oxygen atoms in total. The molecule has 0 amide bonds. The molecule has 20 heavy (non-hydrogen) atoms. The highest BCUT2D eigenvalue weighted by molar-refractivity contribution is 5.32. The van der Waals surface area contributed by atoms with E-state index in [0.29, 0.717) is 11.8 Å². The van der Waals surface area contributed by atoms with Gasteiger partial charge in [0.25, 0.3) is 0 Å². The number of ether oxygens (including phenoxy) is 1. The Kier molecular flexibility index (Phi) is 3.76. The Labute approximate surface area is 117 Å². The number of rotatable bonds is 4. The van der Waals surface area contributed by atoms with Gasteiger partial charge in [0.2, 0.25) is 11.8 Å². The molecule has 0 radical (unpaired) electrons. The minimum Gasteiger partial charge on any atom is -0.481 e. The first-order valence-corrected chi connectivity index (χ1v) is 6.79. The van der Waals surface area contributed by atoms with E-state index in [0.717, 1.165) is 32.0 Å². The van der Waals surface area contributed by atoms with Crippen LogP contribution < -0.4 is 9.64 Å². The minimum absolute atomic E-state index is 0.542. The molecule has 0 saturated carbocycles. The van der Waals surface area contributed by atoms with Crippen LogP contribution in [0.15, 0.2) is 24.9 Å². The molecule has 1 atom stereocenters. The summed E-state index contributed by atoms with van der Waals surface area (Å²) in [5.41, 5.74) is 0. The average Bonchev–Trinajstić information content (AvgIpc) is 3.00. The van der Waals surface area contributed by atoms with Crippen molar-refractivity contribution in [1.29, 1.82) is 0 Å². The Hall–Kier alpha value is -2.18. The zero-order valence-corrected chi connectivity index (χ0v) is 11.5. The molecule has 1 fully saturated rings. The summed E-state index contributed by atoms with van der Waals surface area (Å²) in [7, 11) is 1.62. The van der Waals surface area contributed by atoms with E-state index < -0.39 is 0 Å². The molecule has 0 unspecified atom stereocenters. The second kappa shape index (κ2) is 5.85. The first-order valence-electron chi connectivity index (χ1n) is 6.79. The smallest absolute Gasteiger partial charge is 0.228 e. The highest BCUT2D eigenvalue weighted by Gasteiger charge is 2.22. The fourth-order valence-corrected chi connectivity index (χ4v) is 2.59. The van der Waals surface area contributed by atoms with Crippen LogP contribution in [0.25, 0.3) is 0 Å². The second-order valence-corrected chi connectivity index (χ2v) is 4.97. The number of hydrogen-bond donors (Lipinski definition) is 0. The number of methoxy groups -OCH3 is 1. The number of aromatic nitrogens is 5. The van der Waals surface area contributed by atoms with Crippen molar-refractivity contribution in [2.45, 2.75) is 19.4 Å². The van der Waals surface area contributed by atoms with Gasteiger partial charge in [0.1, 0.15) is 12.7 Å². The van der Waals surface area contributed by atoms with E-state index in [1.54, 1.807) is 32.0 Å². The van der Waals surface area contributed by atoms with Gasteiger partial charge in [-0.05, 0) is 18.8 Å². The van der Waals surface area contributed by atoms with Crippen molar-refractivity contribution in [1.82, 2.24) is 24.7 Å². The molecular weight excluding hydrogens is 256 g/mol. The lowest BCUT2D eigenvalue weighted by molar-refractivity contribution is 0.347. The SMILES string of the molecule is COc1ccnc(N2CCC[C@@H](Cn3cncn3)C2)n1.